The third-order valence-corrected chi connectivity index (χ3v) is 5.10. The van der Waals surface area contributed by atoms with E-state index >= 15 is 0 Å². The van der Waals surface area contributed by atoms with E-state index in [1.165, 1.54) is 11.8 Å². The van der Waals surface area contributed by atoms with Crippen molar-refractivity contribution in [2.45, 2.75) is 4.90 Å². The molecule has 0 fully saturated rings. The number of nitrogens with zero attached hydrogens (tertiary/aromatic N) is 1. The number of aromatic nitrogens is 1. The molecule has 1 aromatic heterocycles. The van der Waals surface area contributed by atoms with Crippen molar-refractivity contribution in [2.24, 2.45) is 7.05 Å². The van der Waals surface area contributed by atoms with Gasteiger partial charge in [0.2, 0.25) is 5.78 Å². The molecule has 0 unspecified atom stereocenters. The van der Waals surface area contributed by atoms with Gasteiger partial charge in [0.1, 0.15) is 0 Å². The fraction of sp³-hybridized carbons (Fsp3) is 0.158. The number of Topliss-reactive ketones (excluding diaryl/α,β-unsaturated/α-hetero) is 1. The number of ketones is 1. The smallest absolute Gasteiger partial charge is 0.316 e. The summed E-state index contributed by atoms with van der Waals surface area (Å²) in [5.74, 6) is -0.541. The van der Waals surface area contributed by atoms with Crippen molar-refractivity contribution in [3.63, 3.8) is 0 Å². The zero-order valence-corrected chi connectivity index (χ0v) is 15.1. The van der Waals surface area contributed by atoms with Crippen LogP contribution >= 0.6 is 23.4 Å². The Kier molecular flexibility index (Phi) is 5.46. The number of carbonyl (C=O) groups excluding carboxylic acids is 2. The lowest BCUT2D eigenvalue weighted by Crippen LogP contribution is -2.17. The van der Waals surface area contributed by atoms with E-state index in [0.717, 1.165) is 15.7 Å². The predicted molar refractivity (Wildman–Crippen MR) is 100 cm³/mol. The minimum atomic E-state index is -0.434. The molecule has 0 saturated carbocycles. The third-order valence-electron chi connectivity index (χ3n) is 3.75. The number of aryl methyl sites for hydroxylation is 1. The lowest BCUT2D eigenvalue weighted by atomic mass is 10.1. The molecule has 25 heavy (non-hydrogen) atoms. The first-order valence-electron chi connectivity index (χ1n) is 7.66. The number of carbonyl (C=O) groups is 2. The average molecular weight is 374 g/mol. The van der Waals surface area contributed by atoms with E-state index in [1.54, 1.807) is 29.9 Å². The van der Waals surface area contributed by atoms with Crippen molar-refractivity contribution >= 4 is 45.9 Å². The van der Waals surface area contributed by atoms with Gasteiger partial charge < -0.3 is 9.30 Å². The Morgan fingerprint density at radius 3 is 2.60 bits per heavy atom. The second kappa shape index (κ2) is 7.76. The van der Waals surface area contributed by atoms with Gasteiger partial charge >= 0.3 is 5.97 Å². The van der Waals surface area contributed by atoms with Gasteiger partial charge in [-0.25, -0.2) is 0 Å². The molecule has 0 amide bonds. The Bertz CT molecular complexity index is 930. The average Bonchev–Trinajstić information content (AvgIpc) is 3.04. The maximum Gasteiger partial charge on any atom is 0.316 e. The molecule has 6 heteroatoms. The second-order valence-corrected chi connectivity index (χ2v) is 6.90. The summed E-state index contributed by atoms with van der Waals surface area (Å²) in [6.45, 7) is -0.256. The van der Waals surface area contributed by atoms with E-state index in [9.17, 15) is 9.59 Å². The highest BCUT2D eigenvalue weighted by molar-refractivity contribution is 8.00. The normalized spacial score (nSPS) is 10.8. The number of thioether (sulfide) groups is 1. The maximum atomic E-state index is 12.0. The Labute approximate surface area is 154 Å². The first-order chi connectivity index (χ1) is 12.1. The fourth-order valence-corrected chi connectivity index (χ4v) is 3.77. The van der Waals surface area contributed by atoms with Crippen LogP contribution in [-0.2, 0) is 16.6 Å². The highest BCUT2D eigenvalue weighted by atomic mass is 35.5. The lowest BCUT2D eigenvalue weighted by molar-refractivity contribution is -0.139. The van der Waals surface area contributed by atoms with Gasteiger partial charge in [0, 0.05) is 28.5 Å². The molecule has 0 aliphatic heterocycles. The van der Waals surface area contributed by atoms with Crippen molar-refractivity contribution in [1.82, 2.24) is 4.57 Å². The van der Waals surface area contributed by atoms with Crippen LogP contribution < -0.4 is 0 Å². The minimum absolute atomic E-state index is 0.116. The molecule has 2 aromatic carbocycles. The summed E-state index contributed by atoms with van der Waals surface area (Å²) in [6.07, 6.45) is 1.77. The molecule has 0 atom stereocenters. The van der Waals surface area contributed by atoms with Crippen LogP contribution in [0.15, 0.2) is 59.6 Å². The van der Waals surface area contributed by atoms with Crippen molar-refractivity contribution in [3.05, 3.63) is 65.4 Å². The first-order valence-corrected chi connectivity index (χ1v) is 9.03. The largest absolute Gasteiger partial charge is 0.457 e. The molecule has 128 valence electrons. The quantitative estimate of drug-likeness (QED) is 0.366. The molecule has 0 radical (unpaired) electrons. The van der Waals surface area contributed by atoms with E-state index in [4.69, 9.17) is 16.3 Å². The summed E-state index contributed by atoms with van der Waals surface area (Å²) in [5, 5.41) is 2.59. The topological polar surface area (TPSA) is 48.3 Å². The van der Waals surface area contributed by atoms with Crippen LogP contribution in [0.1, 0.15) is 10.5 Å². The molecule has 4 nitrogen and oxygen atoms in total. The Hall–Kier alpha value is -2.24. The summed E-state index contributed by atoms with van der Waals surface area (Å²) in [5.41, 5.74) is 0.515. The molecule has 3 rings (SSSR count). The van der Waals surface area contributed by atoms with E-state index in [-0.39, 0.29) is 18.1 Å². The van der Waals surface area contributed by atoms with Crippen LogP contribution in [0.2, 0.25) is 5.02 Å². The number of rotatable bonds is 6. The minimum Gasteiger partial charge on any atom is -0.457 e. The van der Waals surface area contributed by atoms with Crippen LogP contribution in [0.4, 0.5) is 0 Å². The highest BCUT2D eigenvalue weighted by Crippen LogP contribution is 2.33. The Morgan fingerprint density at radius 2 is 1.88 bits per heavy atom. The number of esters is 1. The molecule has 3 aromatic rings. The number of fused-ring (bicyclic) bond motifs is 1. The van der Waals surface area contributed by atoms with Gasteiger partial charge in [0.15, 0.2) is 6.61 Å². The van der Waals surface area contributed by atoms with E-state index in [2.05, 4.69) is 0 Å². The monoisotopic (exact) mass is 373 g/mol. The highest BCUT2D eigenvalue weighted by Gasteiger charge is 2.13. The molecule has 0 saturated heterocycles. The van der Waals surface area contributed by atoms with Gasteiger partial charge in [-0.1, -0.05) is 35.9 Å². The van der Waals surface area contributed by atoms with Gasteiger partial charge in [-0.15, -0.1) is 11.8 Å². The SMILES string of the molecule is Cn1cccc1C(=O)COC(=O)CSc1cccc2cccc(Cl)c12. The summed E-state index contributed by atoms with van der Waals surface area (Å²) in [6, 6.07) is 15.0. The van der Waals surface area contributed by atoms with E-state index in [0.29, 0.717) is 10.7 Å². The van der Waals surface area contributed by atoms with Gasteiger partial charge in [-0.3, -0.25) is 9.59 Å². The molecule has 0 aliphatic rings. The standard InChI is InChI=1S/C19H16ClNO3S/c1-21-10-4-8-15(21)16(22)11-24-18(23)12-25-17-9-3-6-13-5-2-7-14(20)19(13)17/h2-10H,11-12H2,1H3. The first kappa shape index (κ1) is 17.6. The molecule has 0 bridgehead atoms. The summed E-state index contributed by atoms with van der Waals surface area (Å²) >= 11 is 7.62. The summed E-state index contributed by atoms with van der Waals surface area (Å²) < 4.78 is 6.79. The van der Waals surface area contributed by atoms with E-state index < -0.39 is 5.97 Å². The van der Waals surface area contributed by atoms with Crippen LogP contribution in [0.5, 0.6) is 0 Å². The predicted octanol–water partition coefficient (Wildman–Crippen LogP) is 4.35. The number of ether oxygens (including phenoxy) is 1. The van der Waals surface area contributed by atoms with Crippen LogP contribution in [0, 0.1) is 0 Å². The van der Waals surface area contributed by atoms with Gasteiger partial charge in [-0.2, -0.15) is 0 Å². The summed E-state index contributed by atoms with van der Waals surface area (Å²) in [7, 11) is 1.77. The van der Waals surface area contributed by atoms with E-state index in [1.807, 2.05) is 36.4 Å². The van der Waals surface area contributed by atoms with Gasteiger partial charge in [-0.05, 0) is 29.7 Å². The lowest BCUT2D eigenvalue weighted by Gasteiger charge is -2.08. The number of halogens is 1. The van der Waals surface area contributed by atoms with Crippen molar-refractivity contribution in [1.29, 1.82) is 0 Å². The fourth-order valence-electron chi connectivity index (χ4n) is 2.53. The molecular weight excluding hydrogens is 358 g/mol. The van der Waals surface area contributed by atoms with Crippen molar-refractivity contribution < 1.29 is 14.3 Å². The molecule has 0 N–H and O–H groups in total. The molecule has 0 aliphatic carbocycles. The number of hydrogen-bond donors (Lipinski definition) is 0. The Balaban J connectivity index is 1.60. The number of benzene rings is 2. The zero-order chi connectivity index (χ0) is 17.8. The molecule has 1 heterocycles. The summed E-state index contributed by atoms with van der Waals surface area (Å²) in [4.78, 5) is 24.9. The maximum absolute atomic E-state index is 12.0. The molecular formula is C19H16ClNO3S. The zero-order valence-electron chi connectivity index (χ0n) is 13.6. The van der Waals surface area contributed by atoms with Crippen LogP contribution in [0.3, 0.4) is 0 Å². The van der Waals surface area contributed by atoms with Crippen molar-refractivity contribution in [3.8, 4) is 0 Å². The van der Waals surface area contributed by atoms with Crippen LogP contribution in [-0.4, -0.2) is 28.7 Å². The van der Waals surface area contributed by atoms with Gasteiger partial charge in [0.25, 0.3) is 0 Å². The number of hydrogen-bond acceptors (Lipinski definition) is 4. The third kappa shape index (κ3) is 4.06. The second-order valence-electron chi connectivity index (χ2n) is 5.47. The van der Waals surface area contributed by atoms with Crippen molar-refractivity contribution in [2.75, 3.05) is 12.4 Å². The Morgan fingerprint density at radius 1 is 1.12 bits per heavy atom. The molecule has 0 spiro atoms. The van der Waals surface area contributed by atoms with Crippen LogP contribution in [0.25, 0.3) is 10.8 Å². The van der Waals surface area contributed by atoms with Gasteiger partial charge in [0.05, 0.1) is 11.4 Å².